The summed E-state index contributed by atoms with van der Waals surface area (Å²) in [6, 6.07) is 0. The van der Waals surface area contributed by atoms with Gasteiger partial charge in [0.15, 0.2) is 5.78 Å². The summed E-state index contributed by atoms with van der Waals surface area (Å²) in [5.41, 5.74) is 3.40. The number of ketones is 1. The predicted octanol–water partition coefficient (Wildman–Crippen LogP) is 4.60. The summed E-state index contributed by atoms with van der Waals surface area (Å²) in [4.78, 5) is 11.3. The number of hydrogen-bond donors (Lipinski definition) is 0. The van der Waals surface area contributed by atoms with Crippen molar-refractivity contribution in [1.29, 1.82) is 0 Å². The van der Waals surface area contributed by atoms with E-state index in [-0.39, 0.29) is 5.78 Å². The SMILES string of the molecule is C=C(C)C(=O)CC/C=C(\C)CCC=C(C)C. The summed E-state index contributed by atoms with van der Waals surface area (Å²) < 4.78 is 0. The van der Waals surface area contributed by atoms with E-state index in [1.165, 1.54) is 11.1 Å². The molecule has 0 saturated heterocycles. The van der Waals surface area contributed by atoms with Crippen LogP contribution in [0.4, 0.5) is 0 Å². The third-order valence-corrected chi connectivity index (χ3v) is 2.43. The first-order chi connectivity index (χ1) is 7.43. The lowest BCUT2D eigenvalue weighted by atomic mass is 10.1. The monoisotopic (exact) mass is 220 g/mol. The van der Waals surface area contributed by atoms with Crippen LogP contribution in [0.2, 0.25) is 0 Å². The molecule has 0 unspecified atom stereocenters. The van der Waals surface area contributed by atoms with Gasteiger partial charge in [-0.05, 0) is 52.5 Å². The second-order valence-electron chi connectivity index (χ2n) is 4.61. The molecule has 0 saturated carbocycles. The molecule has 0 spiro atoms. The largest absolute Gasteiger partial charge is 0.295 e. The Morgan fingerprint density at radius 1 is 1.00 bits per heavy atom. The number of hydrogen-bond acceptors (Lipinski definition) is 1. The molecular weight excluding hydrogens is 196 g/mol. The lowest BCUT2D eigenvalue weighted by molar-refractivity contribution is -0.115. The molecule has 0 aromatic carbocycles. The fraction of sp³-hybridized carbons (Fsp3) is 0.533. The lowest BCUT2D eigenvalue weighted by Crippen LogP contribution is -1.96. The van der Waals surface area contributed by atoms with Gasteiger partial charge in [0.05, 0.1) is 0 Å². The molecule has 0 N–H and O–H groups in total. The van der Waals surface area contributed by atoms with E-state index in [4.69, 9.17) is 0 Å². The van der Waals surface area contributed by atoms with Crippen LogP contribution in [-0.2, 0) is 4.79 Å². The molecule has 0 aromatic heterocycles. The quantitative estimate of drug-likeness (QED) is 0.452. The average Bonchev–Trinajstić information content (AvgIpc) is 2.16. The third-order valence-electron chi connectivity index (χ3n) is 2.43. The minimum Gasteiger partial charge on any atom is -0.295 e. The van der Waals surface area contributed by atoms with E-state index < -0.39 is 0 Å². The van der Waals surface area contributed by atoms with Gasteiger partial charge >= 0.3 is 0 Å². The maximum atomic E-state index is 11.3. The fourth-order valence-corrected chi connectivity index (χ4v) is 1.35. The van der Waals surface area contributed by atoms with Crippen molar-refractivity contribution in [3.63, 3.8) is 0 Å². The Hall–Kier alpha value is -1.11. The van der Waals surface area contributed by atoms with E-state index in [1.54, 1.807) is 6.92 Å². The first-order valence-corrected chi connectivity index (χ1v) is 5.91. The van der Waals surface area contributed by atoms with Crippen molar-refractivity contribution in [2.24, 2.45) is 0 Å². The average molecular weight is 220 g/mol. The summed E-state index contributed by atoms with van der Waals surface area (Å²) >= 11 is 0. The van der Waals surface area contributed by atoms with E-state index in [2.05, 4.69) is 39.5 Å². The second-order valence-corrected chi connectivity index (χ2v) is 4.61. The molecule has 0 fully saturated rings. The molecule has 1 heteroatoms. The number of Topliss-reactive ketones (excluding diaryl/α,β-unsaturated/α-hetero) is 1. The van der Waals surface area contributed by atoms with Gasteiger partial charge in [0.2, 0.25) is 0 Å². The normalized spacial score (nSPS) is 11.1. The van der Waals surface area contributed by atoms with Crippen LogP contribution in [-0.4, -0.2) is 5.78 Å². The zero-order valence-electron chi connectivity index (χ0n) is 11.1. The van der Waals surface area contributed by atoms with Crippen LogP contribution < -0.4 is 0 Å². The summed E-state index contributed by atoms with van der Waals surface area (Å²) in [7, 11) is 0. The Labute approximate surface area is 99.9 Å². The molecule has 1 nitrogen and oxygen atoms in total. The highest BCUT2D eigenvalue weighted by molar-refractivity contribution is 5.94. The molecule has 90 valence electrons. The maximum Gasteiger partial charge on any atom is 0.158 e. The molecule has 0 aliphatic rings. The highest BCUT2D eigenvalue weighted by Crippen LogP contribution is 2.09. The van der Waals surface area contributed by atoms with Crippen molar-refractivity contribution < 1.29 is 4.79 Å². The van der Waals surface area contributed by atoms with Crippen LogP contribution >= 0.6 is 0 Å². The van der Waals surface area contributed by atoms with Crippen molar-refractivity contribution in [3.05, 3.63) is 35.5 Å². The van der Waals surface area contributed by atoms with Crippen LogP contribution in [0.25, 0.3) is 0 Å². The lowest BCUT2D eigenvalue weighted by Gasteiger charge is -2.00. The van der Waals surface area contributed by atoms with Crippen molar-refractivity contribution in [2.45, 2.75) is 53.4 Å². The van der Waals surface area contributed by atoms with Gasteiger partial charge in [0.25, 0.3) is 0 Å². The Bertz CT molecular complexity index is 301. The number of carbonyl (C=O) groups is 1. The fourth-order valence-electron chi connectivity index (χ4n) is 1.35. The molecule has 0 bridgehead atoms. The molecule has 0 radical (unpaired) electrons. The smallest absolute Gasteiger partial charge is 0.158 e. The van der Waals surface area contributed by atoms with Gasteiger partial charge in [-0.2, -0.15) is 0 Å². The van der Waals surface area contributed by atoms with Crippen LogP contribution in [0.5, 0.6) is 0 Å². The predicted molar refractivity (Wildman–Crippen MR) is 71.5 cm³/mol. The minimum absolute atomic E-state index is 0.174. The van der Waals surface area contributed by atoms with Gasteiger partial charge in [0.1, 0.15) is 0 Å². The van der Waals surface area contributed by atoms with Crippen LogP contribution in [0, 0.1) is 0 Å². The van der Waals surface area contributed by atoms with E-state index in [0.29, 0.717) is 12.0 Å². The van der Waals surface area contributed by atoms with Crippen LogP contribution in [0.15, 0.2) is 35.5 Å². The standard InChI is InChI=1S/C15H24O/c1-12(2)8-6-9-14(5)10-7-11-15(16)13(3)4/h8,10H,3,6-7,9,11H2,1-2,4-5H3/b14-10+. The molecule has 0 heterocycles. The molecular formula is C15H24O. The Kier molecular flexibility index (Phi) is 7.53. The third kappa shape index (κ3) is 8.22. The molecule has 0 aromatic rings. The van der Waals surface area contributed by atoms with Crippen molar-refractivity contribution >= 4 is 5.78 Å². The summed E-state index contributed by atoms with van der Waals surface area (Å²) in [6.07, 6.45) is 8.03. The summed E-state index contributed by atoms with van der Waals surface area (Å²) in [5, 5.41) is 0. The van der Waals surface area contributed by atoms with Crippen molar-refractivity contribution in [1.82, 2.24) is 0 Å². The van der Waals surface area contributed by atoms with E-state index in [0.717, 1.165) is 19.3 Å². The van der Waals surface area contributed by atoms with Gasteiger partial charge in [0, 0.05) is 6.42 Å². The van der Waals surface area contributed by atoms with E-state index in [9.17, 15) is 4.79 Å². The zero-order chi connectivity index (χ0) is 12.6. The number of carbonyl (C=O) groups excluding carboxylic acids is 1. The summed E-state index contributed by atoms with van der Waals surface area (Å²) in [6.45, 7) is 11.8. The van der Waals surface area contributed by atoms with Gasteiger partial charge in [-0.1, -0.05) is 29.9 Å². The first-order valence-electron chi connectivity index (χ1n) is 5.91. The van der Waals surface area contributed by atoms with Gasteiger partial charge < -0.3 is 0 Å². The molecule has 0 atom stereocenters. The zero-order valence-corrected chi connectivity index (χ0v) is 11.1. The van der Waals surface area contributed by atoms with Crippen molar-refractivity contribution in [2.75, 3.05) is 0 Å². The summed E-state index contributed by atoms with van der Waals surface area (Å²) in [5.74, 6) is 0.174. The number of rotatable bonds is 7. The van der Waals surface area contributed by atoms with Crippen LogP contribution in [0.1, 0.15) is 53.4 Å². The van der Waals surface area contributed by atoms with Gasteiger partial charge in [-0.15, -0.1) is 0 Å². The maximum absolute atomic E-state index is 11.3. The highest BCUT2D eigenvalue weighted by Gasteiger charge is 1.99. The van der Waals surface area contributed by atoms with E-state index in [1.807, 2.05) is 0 Å². The Morgan fingerprint density at radius 2 is 1.56 bits per heavy atom. The van der Waals surface area contributed by atoms with E-state index >= 15 is 0 Å². The minimum atomic E-state index is 0.174. The van der Waals surface area contributed by atoms with Gasteiger partial charge in [-0.25, -0.2) is 0 Å². The van der Waals surface area contributed by atoms with Gasteiger partial charge in [-0.3, -0.25) is 4.79 Å². The number of allylic oxidation sites excluding steroid dienone is 5. The highest BCUT2D eigenvalue weighted by atomic mass is 16.1. The Balaban J connectivity index is 3.83. The van der Waals surface area contributed by atoms with Crippen LogP contribution in [0.3, 0.4) is 0 Å². The topological polar surface area (TPSA) is 17.1 Å². The van der Waals surface area contributed by atoms with Crippen molar-refractivity contribution in [3.8, 4) is 0 Å². The molecule has 16 heavy (non-hydrogen) atoms. The molecule has 0 amide bonds. The Morgan fingerprint density at radius 3 is 2.06 bits per heavy atom. The molecule has 0 aliphatic heterocycles. The second kappa shape index (κ2) is 8.09. The molecule has 0 rings (SSSR count). The molecule has 0 aliphatic carbocycles. The first kappa shape index (κ1) is 14.9.